The fraction of sp³-hybridized carbons (Fsp3) is 0.714. The molecule has 17 heavy (non-hydrogen) atoms. The van der Waals surface area contributed by atoms with Crippen molar-refractivity contribution in [3.05, 3.63) is 23.5 Å². The quantitative estimate of drug-likeness (QED) is 0.799. The van der Waals surface area contributed by atoms with Crippen molar-refractivity contribution in [1.82, 2.24) is 4.57 Å². The van der Waals surface area contributed by atoms with E-state index in [1.165, 1.54) is 5.56 Å². The largest absolute Gasteiger partial charge is 0.388 e. The molecule has 0 spiro atoms. The van der Waals surface area contributed by atoms with Crippen LogP contribution in [-0.2, 0) is 17.7 Å². The van der Waals surface area contributed by atoms with E-state index in [4.69, 9.17) is 4.74 Å². The molecule has 0 saturated carbocycles. The zero-order valence-electron chi connectivity index (χ0n) is 10.9. The number of ether oxygens (including phenoxy) is 1. The predicted molar refractivity (Wildman–Crippen MR) is 68.0 cm³/mol. The van der Waals surface area contributed by atoms with Gasteiger partial charge in [0, 0.05) is 31.1 Å². The van der Waals surface area contributed by atoms with Gasteiger partial charge in [-0.1, -0.05) is 13.8 Å². The number of hydrogen-bond donors (Lipinski definition) is 1. The molecule has 3 heteroatoms. The number of aliphatic hydroxyl groups is 1. The smallest absolute Gasteiger partial charge is 0.0807 e. The van der Waals surface area contributed by atoms with Gasteiger partial charge in [0.2, 0.25) is 0 Å². The Balaban J connectivity index is 1.85. The average molecular weight is 237 g/mol. The van der Waals surface area contributed by atoms with Gasteiger partial charge in [0.05, 0.1) is 12.7 Å². The maximum Gasteiger partial charge on any atom is 0.0807 e. The van der Waals surface area contributed by atoms with E-state index in [1.54, 1.807) is 0 Å². The number of aromatic nitrogens is 1. The lowest BCUT2D eigenvalue weighted by molar-refractivity contribution is 0.103. The first-order chi connectivity index (χ1) is 8.16. The molecule has 2 rings (SSSR count). The van der Waals surface area contributed by atoms with Crippen molar-refractivity contribution in [2.45, 2.75) is 45.8 Å². The Morgan fingerprint density at radius 2 is 2.29 bits per heavy atom. The van der Waals surface area contributed by atoms with E-state index in [0.717, 1.165) is 44.6 Å². The lowest BCUT2D eigenvalue weighted by Gasteiger charge is -2.16. The van der Waals surface area contributed by atoms with Crippen LogP contribution in [-0.4, -0.2) is 22.9 Å². The summed E-state index contributed by atoms with van der Waals surface area (Å²) in [5.74, 6) is 0.592. The highest BCUT2D eigenvalue weighted by Crippen LogP contribution is 2.30. The molecule has 0 aliphatic heterocycles. The molecule has 0 saturated heterocycles. The number of rotatable bonds is 5. The molecule has 0 amide bonds. The summed E-state index contributed by atoms with van der Waals surface area (Å²) in [7, 11) is 0. The molecule has 96 valence electrons. The average Bonchev–Trinajstić information content (AvgIpc) is 2.69. The van der Waals surface area contributed by atoms with E-state index < -0.39 is 0 Å². The predicted octanol–water partition coefficient (Wildman–Crippen LogP) is 2.53. The van der Waals surface area contributed by atoms with Gasteiger partial charge in [-0.25, -0.2) is 0 Å². The molecule has 1 atom stereocenters. The van der Waals surface area contributed by atoms with E-state index in [0.29, 0.717) is 5.92 Å². The molecule has 1 aromatic heterocycles. The van der Waals surface area contributed by atoms with Crippen LogP contribution >= 0.6 is 0 Å². The van der Waals surface area contributed by atoms with Crippen molar-refractivity contribution in [1.29, 1.82) is 0 Å². The maximum atomic E-state index is 9.87. The third kappa shape index (κ3) is 3.33. The van der Waals surface area contributed by atoms with Crippen LogP contribution in [0, 0.1) is 5.92 Å². The van der Waals surface area contributed by atoms with E-state index in [-0.39, 0.29) is 6.10 Å². The number of nitrogens with zero attached hydrogens (tertiary/aromatic N) is 1. The molecule has 1 heterocycles. The number of aryl methyl sites for hydroxylation is 1. The van der Waals surface area contributed by atoms with Crippen LogP contribution in [0.2, 0.25) is 0 Å². The summed E-state index contributed by atoms with van der Waals surface area (Å²) in [6.45, 7) is 6.77. The molecule has 1 aliphatic rings. The Bertz CT molecular complexity index is 357. The second-order valence-corrected chi connectivity index (χ2v) is 5.35. The molecular weight excluding hydrogens is 214 g/mol. The van der Waals surface area contributed by atoms with Gasteiger partial charge in [-0.15, -0.1) is 0 Å². The fourth-order valence-corrected chi connectivity index (χ4v) is 2.34. The highest BCUT2D eigenvalue weighted by atomic mass is 16.5. The van der Waals surface area contributed by atoms with Crippen LogP contribution in [0.1, 0.15) is 43.9 Å². The molecule has 1 unspecified atom stereocenters. The van der Waals surface area contributed by atoms with Gasteiger partial charge in [-0.3, -0.25) is 0 Å². The van der Waals surface area contributed by atoms with Crippen LogP contribution in [0.15, 0.2) is 12.4 Å². The van der Waals surface area contributed by atoms with Crippen molar-refractivity contribution < 1.29 is 9.84 Å². The minimum Gasteiger partial charge on any atom is -0.388 e. The minimum absolute atomic E-state index is 0.253. The Kier molecular flexibility index (Phi) is 4.24. The summed E-state index contributed by atoms with van der Waals surface area (Å²) >= 11 is 0. The van der Waals surface area contributed by atoms with E-state index in [2.05, 4.69) is 30.8 Å². The van der Waals surface area contributed by atoms with Crippen LogP contribution < -0.4 is 0 Å². The number of fused-ring (bicyclic) bond motifs is 1. The standard InChI is InChI=1S/C14H23NO2/c1-11(2)10-17-7-6-15-8-12-4-3-5-14(16)13(12)9-15/h8-9,11,14,16H,3-7,10H2,1-2H3. The highest BCUT2D eigenvalue weighted by Gasteiger charge is 2.19. The topological polar surface area (TPSA) is 34.4 Å². The molecule has 1 N–H and O–H groups in total. The van der Waals surface area contributed by atoms with Crippen LogP contribution in [0.5, 0.6) is 0 Å². The number of aliphatic hydroxyl groups excluding tert-OH is 1. The third-order valence-electron chi connectivity index (χ3n) is 3.23. The van der Waals surface area contributed by atoms with Gasteiger partial charge in [0.25, 0.3) is 0 Å². The van der Waals surface area contributed by atoms with Gasteiger partial charge >= 0.3 is 0 Å². The Morgan fingerprint density at radius 3 is 3.00 bits per heavy atom. The summed E-state index contributed by atoms with van der Waals surface area (Å²) in [6, 6.07) is 0. The maximum absolute atomic E-state index is 9.87. The first-order valence-electron chi connectivity index (χ1n) is 6.61. The first kappa shape index (κ1) is 12.7. The Hall–Kier alpha value is -0.800. The number of hydrogen-bond acceptors (Lipinski definition) is 2. The normalized spacial score (nSPS) is 19.6. The van der Waals surface area contributed by atoms with E-state index in [9.17, 15) is 5.11 Å². The second kappa shape index (κ2) is 5.69. The van der Waals surface area contributed by atoms with E-state index >= 15 is 0 Å². The van der Waals surface area contributed by atoms with Gasteiger partial charge in [-0.2, -0.15) is 0 Å². The van der Waals surface area contributed by atoms with Crippen molar-refractivity contribution >= 4 is 0 Å². The summed E-state index contributed by atoms with van der Waals surface area (Å²) in [5, 5.41) is 9.87. The molecule has 1 aromatic rings. The van der Waals surface area contributed by atoms with Crippen LogP contribution in [0.4, 0.5) is 0 Å². The van der Waals surface area contributed by atoms with Gasteiger partial charge in [0.1, 0.15) is 0 Å². The third-order valence-corrected chi connectivity index (χ3v) is 3.23. The summed E-state index contributed by atoms with van der Waals surface area (Å²) in [6.07, 6.45) is 7.10. The summed E-state index contributed by atoms with van der Waals surface area (Å²) in [5.41, 5.74) is 2.44. The SMILES string of the molecule is CC(C)COCCn1cc2c(c1)C(O)CCC2. The molecule has 0 bridgehead atoms. The van der Waals surface area contributed by atoms with Gasteiger partial charge in [-0.05, 0) is 30.7 Å². The molecular formula is C14H23NO2. The fourth-order valence-electron chi connectivity index (χ4n) is 2.34. The summed E-state index contributed by atoms with van der Waals surface area (Å²) < 4.78 is 7.73. The monoisotopic (exact) mass is 237 g/mol. The Morgan fingerprint density at radius 1 is 1.47 bits per heavy atom. The lowest BCUT2D eigenvalue weighted by atomic mass is 9.93. The Labute approximate surface area is 103 Å². The highest BCUT2D eigenvalue weighted by molar-refractivity contribution is 5.28. The van der Waals surface area contributed by atoms with Crippen LogP contribution in [0.25, 0.3) is 0 Å². The van der Waals surface area contributed by atoms with E-state index in [1.807, 2.05) is 0 Å². The minimum atomic E-state index is -0.253. The zero-order chi connectivity index (χ0) is 12.3. The van der Waals surface area contributed by atoms with Gasteiger partial charge < -0.3 is 14.4 Å². The van der Waals surface area contributed by atoms with Crippen molar-refractivity contribution in [2.75, 3.05) is 13.2 Å². The van der Waals surface area contributed by atoms with Gasteiger partial charge in [0.15, 0.2) is 0 Å². The summed E-state index contributed by atoms with van der Waals surface area (Å²) in [4.78, 5) is 0. The van der Waals surface area contributed by atoms with Crippen molar-refractivity contribution in [3.63, 3.8) is 0 Å². The van der Waals surface area contributed by atoms with Crippen molar-refractivity contribution in [3.8, 4) is 0 Å². The van der Waals surface area contributed by atoms with Crippen molar-refractivity contribution in [2.24, 2.45) is 5.92 Å². The molecule has 3 nitrogen and oxygen atoms in total. The van der Waals surface area contributed by atoms with Crippen LogP contribution in [0.3, 0.4) is 0 Å². The molecule has 1 aliphatic carbocycles. The molecule has 0 radical (unpaired) electrons. The first-order valence-corrected chi connectivity index (χ1v) is 6.61. The molecule has 0 aromatic carbocycles. The lowest BCUT2D eigenvalue weighted by Crippen LogP contribution is -2.08. The zero-order valence-corrected chi connectivity index (χ0v) is 10.9. The second-order valence-electron chi connectivity index (χ2n) is 5.35. The molecule has 0 fully saturated rings.